The molecular formula is C13H19BrN6. The zero-order chi connectivity index (χ0) is 14.5. The first kappa shape index (κ1) is 14.8. The van der Waals surface area contributed by atoms with Crippen molar-refractivity contribution in [1.82, 2.24) is 19.7 Å². The summed E-state index contributed by atoms with van der Waals surface area (Å²) in [5.41, 5.74) is 2.26. The van der Waals surface area contributed by atoms with E-state index >= 15 is 0 Å². The predicted octanol–water partition coefficient (Wildman–Crippen LogP) is 2.60. The molecule has 0 fully saturated rings. The molecular weight excluding hydrogens is 320 g/mol. The Hall–Kier alpha value is -1.63. The van der Waals surface area contributed by atoms with Gasteiger partial charge in [-0.25, -0.2) is 4.98 Å². The van der Waals surface area contributed by atoms with Crippen molar-refractivity contribution >= 4 is 27.7 Å². The standard InChI is InChI=1S/C13H19BrN6/c1-9-7-10(2)20(19-9)6-4-5-16-12-11(14)8-17-13(15-3)18-12/h7-8H,4-6H2,1-3H3,(H2,15,16,17,18). The van der Waals surface area contributed by atoms with Gasteiger partial charge in [0.25, 0.3) is 0 Å². The molecule has 0 radical (unpaired) electrons. The molecule has 6 nitrogen and oxygen atoms in total. The van der Waals surface area contributed by atoms with Crippen LogP contribution in [0.3, 0.4) is 0 Å². The van der Waals surface area contributed by atoms with E-state index in [9.17, 15) is 0 Å². The number of anilines is 2. The van der Waals surface area contributed by atoms with Crippen LogP contribution in [0, 0.1) is 13.8 Å². The van der Waals surface area contributed by atoms with Gasteiger partial charge < -0.3 is 10.6 Å². The van der Waals surface area contributed by atoms with E-state index in [-0.39, 0.29) is 0 Å². The van der Waals surface area contributed by atoms with Gasteiger partial charge in [0.15, 0.2) is 0 Å². The van der Waals surface area contributed by atoms with Crippen molar-refractivity contribution in [3.8, 4) is 0 Å². The Morgan fingerprint density at radius 2 is 2.15 bits per heavy atom. The summed E-state index contributed by atoms with van der Waals surface area (Å²) in [6, 6.07) is 2.09. The minimum Gasteiger partial charge on any atom is -0.369 e. The smallest absolute Gasteiger partial charge is 0.224 e. The van der Waals surface area contributed by atoms with Gasteiger partial charge in [-0.3, -0.25) is 4.68 Å². The molecule has 0 aliphatic rings. The van der Waals surface area contributed by atoms with Crippen LogP contribution in [0.4, 0.5) is 11.8 Å². The van der Waals surface area contributed by atoms with Gasteiger partial charge in [0.2, 0.25) is 5.95 Å². The second-order valence-electron chi connectivity index (χ2n) is 4.57. The fourth-order valence-corrected chi connectivity index (χ4v) is 2.28. The molecule has 7 heteroatoms. The van der Waals surface area contributed by atoms with Gasteiger partial charge in [-0.2, -0.15) is 10.1 Å². The molecule has 0 aliphatic carbocycles. The second-order valence-corrected chi connectivity index (χ2v) is 5.43. The maximum atomic E-state index is 4.44. The summed E-state index contributed by atoms with van der Waals surface area (Å²) in [5.74, 6) is 1.41. The van der Waals surface area contributed by atoms with E-state index in [1.807, 2.05) is 11.6 Å². The molecule has 0 saturated heterocycles. The van der Waals surface area contributed by atoms with Gasteiger partial charge in [0.1, 0.15) is 5.82 Å². The minimum absolute atomic E-state index is 0.606. The first-order chi connectivity index (χ1) is 9.60. The SMILES string of the molecule is CNc1ncc(Br)c(NCCCn2nc(C)cc2C)n1. The van der Waals surface area contributed by atoms with Gasteiger partial charge in [0.05, 0.1) is 10.2 Å². The maximum Gasteiger partial charge on any atom is 0.224 e. The van der Waals surface area contributed by atoms with Gasteiger partial charge in [0, 0.05) is 32.0 Å². The van der Waals surface area contributed by atoms with Crippen molar-refractivity contribution in [3.05, 3.63) is 28.1 Å². The van der Waals surface area contributed by atoms with Gasteiger partial charge in [-0.05, 0) is 42.3 Å². The molecule has 108 valence electrons. The molecule has 0 unspecified atom stereocenters. The van der Waals surface area contributed by atoms with E-state index in [2.05, 4.69) is 54.6 Å². The fourth-order valence-electron chi connectivity index (χ4n) is 1.95. The molecule has 20 heavy (non-hydrogen) atoms. The van der Waals surface area contributed by atoms with E-state index in [1.54, 1.807) is 13.2 Å². The van der Waals surface area contributed by atoms with Crippen LogP contribution in [0.25, 0.3) is 0 Å². The third-order valence-corrected chi connectivity index (χ3v) is 3.49. The van der Waals surface area contributed by atoms with Crippen LogP contribution >= 0.6 is 15.9 Å². The molecule has 2 heterocycles. The van der Waals surface area contributed by atoms with Crippen LogP contribution in [0.2, 0.25) is 0 Å². The number of hydrogen-bond acceptors (Lipinski definition) is 5. The number of rotatable bonds is 6. The Bertz CT molecular complexity index is 580. The highest BCUT2D eigenvalue weighted by Crippen LogP contribution is 2.19. The van der Waals surface area contributed by atoms with Crippen LogP contribution in [-0.2, 0) is 6.54 Å². The van der Waals surface area contributed by atoms with E-state index in [0.717, 1.165) is 35.5 Å². The summed E-state index contributed by atoms with van der Waals surface area (Å²) in [7, 11) is 1.80. The first-order valence-electron chi connectivity index (χ1n) is 6.55. The Balaban J connectivity index is 1.85. The number of aromatic nitrogens is 4. The molecule has 2 N–H and O–H groups in total. The lowest BCUT2D eigenvalue weighted by molar-refractivity contribution is 0.573. The van der Waals surface area contributed by atoms with Crippen LogP contribution in [0.15, 0.2) is 16.7 Å². The monoisotopic (exact) mass is 338 g/mol. The molecule has 2 aromatic heterocycles. The highest BCUT2D eigenvalue weighted by Gasteiger charge is 2.04. The van der Waals surface area contributed by atoms with Crippen molar-refractivity contribution in [3.63, 3.8) is 0 Å². The lowest BCUT2D eigenvalue weighted by atomic mass is 10.4. The maximum absolute atomic E-state index is 4.44. The number of aryl methyl sites for hydroxylation is 3. The van der Waals surface area contributed by atoms with Gasteiger partial charge >= 0.3 is 0 Å². The zero-order valence-electron chi connectivity index (χ0n) is 11.9. The number of nitrogens with one attached hydrogen (secondary N) is 2. The van der Waals surface area contributed by atoms with E-state index < -0.39 is 0 Å². The molecule has 0 bridgehead atoms. The fraction of sp³-hybridized carbons (Fsp3) is 0.462. The predicted molar refractivity (Wildman–Crippen MR) is 84.1 cm³/mol. The van der Waals surface area contributed by atoms with Gasteiger partial charge in [-0.1, -0.05) is 0 Å². The van der Waals surface area contributed by atoms with E-state index in [1.165, 1.54) is 5.69 Å². The topological polar surface area (TPSA) is 67.7 Å². The Kier molecular flexibility index (Phi) is 4.94. The van der Waals surface area contributed by atoms with Crippen molar-refractivity contribution in [2.45, 2.75) is 26.8 Å². The number of hydrogen-bond donors (Lipinski definition) is 2. The second kappa shape index (κ2) is 6.69. The molecule has 2 rings (SSSR count). The highest BCUT2D eigenvalue weighted by molar-refractivity contribution is 9.10. The molecule has 0 saturated carbocycles. The minimum atomic E-state index is 0.606. The van der Waals surface area contributed by atoms with Crippen LogP contribution < -0.4 is 10.6 Å². The summed E-state index contributed by atoms with van der Waals surface area (Å²) in [4.78, 5) is 8.48. The largest absolute Gasteiger partial charge is 0.369 e. The van der Waals surface area contributed by atoms with Crippen molar-refractivity contribution in [2.75, 3.05) is 24.2 Å². The normalized spacial score (nSPS) is 10.6. The quantitative estimate of drug-likeness (QED) is 0.792. The van der Waals surface area contributed by atoms with Crippen LogP contribution in [0.1, 0.15) is 17.8 Å². The third-order valence-electron chi connectivity index (χ3n) is 2.91. The lowest BCUT2D eigenvalue weighted by Crippen LogP contribution is -2.10. The summed E-state index contributed by atoms with van der Waals surface area (Å²) in [6.45, 7) is 5.82. The Morgan fingerprint density at radius 1 is 1.35 bits per heavy atom. The summed E-state index contributed by atoms with van der Waals surface area (Å²) >= 11 is 3.44. The van der Waals surface area contributed by atoms with E-state index in [4.69, 9.17) is 0 Å². The van der Waals surface area contributed by atoms with Crippen LogP contribution in [-0.4, -0.2) is 33.3 Å². The van der Waals surface area contributed by atoms with Crippen molar-refractivity contribution in [2.24, 2.45) is 0 Å². The summed E-state index contributed by atoms with van der Waals surface area (Å²) < 4.78 is 2.90. The molecule has 0 aromatic carbocycles. The van der Waals surface area contributed by atoms with Crippen molar-refractivity contribution in [1.29, 1.82) is 0 Å². The average molecular weight is 339 g/mol. The molecule has 0 aliphatic heterocycles. The molecule has 0 amide bonds. The van der Waals surface area contributed by atoms with Crippen molar-refractivity contribution < 1.29 is 0 Å². The van der Waals surface area contributed by atoms with Crippen LogP contribution in [0.5, 0.6) is 0 Å². The van der Waals surface area contributed by atoms with Gasteiger partial charge in [-0.15, -0.1) is 0 Å². The first-order valence-corrected chi connectivity index (χ1v) is 7.34. The number of nitrogens with zero attached hydrogens (tertiary/aromatic N) is 4. The summed E-state index contributed by atoms with van der Waals surface area (Å²) in [5, 5.41) is 10.7. The van der Waals surface area contributed by atoms with E-state index in [0.29, 0.717) is 5.95 Å². The average Bonchev–Trinajstić information content (AvgIpc) is 2.75. The number of halogens is 1. The Labute approximate surface area is 127 Å². The Morgan fingerprint density at radius 3 is 2.80 bits per heavy atom. The third kappa shape index (κ3) is 3.69. The zero-order valence-corrected chi connectivity index (χ0v) is 13.5. The summed E-state index contributed by atoms with van der Waals surface area (Å²) in [6.07, 6.45) is 2.72. The molecule has 0 atom stereocenters. The molecule has 2 aromatic rings. The molecule has 0 spiro atoms. The highest BCUT2D eigenvalue weighted by atomic mass is 79.9. The lowest BCUT2D eigenvalue weighted by Gasteiger charge is -2.09.